The van der Waals surface area contributed by atoms with E-state index in [0.29, 0.717) is 18.6 Å². The monoisotopic (exact) mass is 280 g/mol. The summed E-state index contributed by atoms with van der Waals surface area (Å²) in [5.41, 5.74) is 0.985. The fraction of sp³-hybridized carbons (Fsp3) is 0.733. The Labute approximate surface area is 122 Å². The Bertz CT molecular complexity index is 393. The minimum absolute atomic E-state index is 0.480. The van der Waals surface area contributed by atoms with Gasteiger partial charge in [-0.05, 0) is 26.7 Å². The molecule has 0 aliphatic rings. The van der Waals surface area contributed by atoms with Gasteiger partial charge in [-0.3, -0.25) is 0 Å². The van der Waals surface area contributed by atoms with E-state index in [9.17, 15) is 0 Å². The van der Waals surface area contributed by atoms with Crippen LogP contribution in [0, 0.1) is 6.92 Å². The van der Waals surface area contributed by atoms with Crippen LogP contribution in [0.1, 0.15) is 39.3 Å². The summed E-state index contributed by atoms with van der Waals surface area (Å²) in [7, 11) is 1.74. The lowest BCUT2D eigenvalue weighted by atomic mass is 10.1. The van der Waals surface area contributed by atoms with E-state index in [1.54, 1.807) is 7.11 Å². The van der Waals surface area contributed by atoms with Crippen LogP contribution >= 0.6 is 0 Å². The maximum atomic E-state index is 5.24. The minimum Gasteiger partial charge on any atom is -0.383 e. The summed E-state index contributed by atoms with van der Waals surface area (Å²) in [6.45, 7) is 10.9. The fourth-order valence-electron chi connectivity index (χ4n) is 2.34. The first kappa shape index (κ1) is 16.7. The average molecular weight is 280 g/mol. The van der Waals surface area contributed by atoms with E-state index in [0.717, 1.165) is 37.4 Å². The molecular formula is C15H28N4O. The Morgan fingerprint density at radius 3 is 2.50 bits per heavy atom. The van der Waals surface area contributed by atoms with Crippen molar-refractivity contribution in [1.82, 2.24) is 9.97 Å². The van der Waals surface area contributed by atoms with Gasteiger partial charge in [-0.15, -0.1) is 0 Å². The molecule has 0 bridgehead atoms. The molecule has 0 aromatic carbocycles. The van der Waals surface area contributed by atoms with Crippen LogP contribution in [-0.4, -0.2) is 42.8 Å². The van der Waals surface area contributed by atoms with Crippen molar-refractivity contribution in [2.45, 2.75) is 46.6 Å². The third-order valence-electron chi connectivity index (χ3n) is 3.39. The van der Waals surface area contributed by atoms with E-state index in [-0.39, 0.29) is 0 Å². The molecule has 0 radical (unpaired) electrons. The summed E-state index contributed by atoms with van der Waals surface area (Å²) < 4.78 is 5.24. The first-order valence-corrected chi connectivity index (χ1v) is 7.51. The number of aromatic nitrogens is 2. The SMILES string of the molecule is CCNc1nc(C)cc(N(CCOC)C(CC)CC)n1. The molecule has 0 spiro atoms. The number of hydrogen-bond donors (Lipinski definition) is 1. The molecule has 20 heavy (non-hydrogen) atoms. The first-order chi connectivity index (χ1) is 9.65. The van der Waals surface area contributed by atoms with Crippen LogP contribution in [0.4, 0.5) is 11.8 Å². The van der Waals surface area contributed by atoms with Crippen molar-refractivity contribution in [3.63, 3.8) is 0 Å². The second kappa shape index (κ2) is 8.74. The van der Waals surface area contributed by atoms with Gasteiger partial charge in [0, 0.05) is 38.0 Å². The highest BCUT2D eigenvalue weighted by atomic mass is 16.5. The maximum absolute atomic E-state index is 5.24. The van der Waals surface area contributed by atoms with Gasteiger partial charge in [-0.1, -0.05) is 13.8 Å². The minimum atomic E-state index is 0.480. The standard InChI is InChI=1S/C15H28N4O/c1-6-13(7-2)19(9-10-20-5)14-11-12(4)17-15(18-14)16-8-3/h11,13H,6-10H2,1-5H3,(H,16,17,18). The molecular weight excluding hydrogens is 252 g/mol. The summed E-state index contributed by atoms with van der Waals surface area (Å²) in [5.74, 6) is 1.69. The van der Waals surface area contributed by atoms with Crippen molar-refractivity contribution in [2.75, 3.05) is 37.0 Å². The highest BCUT2D eigenvalue weighted by molar-refractivity contribution is 5.45. The Morgan fingerprint density at radius 2 is 1.95 bits per heavy atom. The highest BCUT2D eigenvalue weighted by Gasteiger charge is 2.18. The quantitative estimate of drug-likeness (QED) is 0.754. The van der Waals surface area contributed by atoms with Gasteiger partial charge in [0.05, 0.1) is 6.61 Å². The van der Waals surface area contributed by atoms with E-state index < -0.39 is 0 Å². The molecule has 1 rings (SSSR count). The van der Waals surface area contributed by atoms with Crippen molar-refractivity contribution in [3.05, 3.63) is 11.8 Å². The molecule has 0 amide bonds. The summed E-state index contributed by atoms with van der Waals surface area (Å²) in [6.07, 6.45) is 2.19. The van der Waals surface area contributed by atoms with Crippen molar-refractivity contribution in [2.24, 2.45) is 0 Å². The van der Waals surface area contributed by atoms with Crippen LogP contribution in [0.2, 0.25) is 0 Å². The van der Waals surface area contributed by atoms with E-state index in [1.165, 1.54) is 0 Å². The normalized spacial score (nSPS) is 10.9. The van der Waals surface area contributed by atoms with E-state index in [1.807, 2.05) is 6.92 Å². The van der Waals surface area contributed by atoms with E-state index >= 15 is 0 Å². The molecule has 1 N–H and O–H groups in total. The number of nitrogens with zero attached hydrogens (tertiary/aromatic N) is 3. The predicted molar refractivity (Wildman–Crippen MR) is 84.5 cm³/mol. The third kappa shape index (κ3) is 4.63. The molecule has 0 saturated heterocycles. The van der Waals surface area contributed by atoms with E-state index in [4.69, 9.17) is 4.74 Å². The summed E-state index contributed by atoms with van der Waals surface area (Å²) in [4.78, 5) is 11.4. The van der Waals surface area contributed by atoms with Gasteiger partial charge in [-0.25, -0.2) is 4.98 Å². The number of methoxy groups -OCH3 is 1. The fourth-order valence-corrected chi connectivity index (χ4v) is 2.34. The molecule has 1 aromatic rings. The number of ether oxygens (including phenoxy) is 1. The molecule has 0 aliphatic carbocycles. The van der Waals surface area contributed by atoms with Crippen LogP contribution in [0.25, 0.3) is 0 Å². The van der Waals surface area contributed by atoms with Crippen molar-refractivity contribution < 1.29 is 4.74 Å². The Morgan fingerprint density at radius 1 is 1.25 bits per heavy atom. The summed E-state index contributed by atoms with van der Waals surface area (Å²) >= 11 is 0. The Hall–Kier alpha value is -1.36. The highest BCUT2D eigenvalue weighted by Crippen LogP contribution is 2.20. The smallest absolute Gasteiger partial charge is 0.224 e. The second-order valence-electron chi connectivity index (χ2n) is 4.88. The van der Waals surface area contributed by atoms with Gasteiger partial charge >= 0.3 is 0 Å². The van der Waals surface area contributed by atoms with Crippen LogP contribution in [-0.2, 0) is 4.74 Å². The molecule has 1 aromatic heterocycles. The molecule has 0 atom stereocenters. The first-order valence-electron chi connectivity index (χ1n) is 7.51. The van der Waals surface area contributed by atoms with Gasteiger partial charge in [0.1, 0.15) is 5.82 Å². The maximum Gasteiger partial charge on any atom is 0.224 e. The second-order valence-corrected chi connectivity index (χ2v) is 4.88. The van der Waals surface area contributed by atoms with Gasteiger partial charge in [-0.2, -0.15) is 4.98 Å². The number of hydrogen-bond acceptors (Lipinski definition) is 5. The Kier molecular flexibility index (Phi) is 7.30. The number of rotatable bonds is 9. The lowest BCUT2D eigenvalue weighted by molar-refractivity contribution is 0.202. The van der Waals surface area contributed by atoms with Crippen LogP contribution in [0.15, 0.2) is 6.07 Å². The molecule has 0 unspecified atom stereocenters. The lowest BCUT2D eigenvalue weighted by Gasteiger charge is -2.31. The van der Waals surface area contributed by atoms with Crippen LogP contribution in [0.3, 0.4) is 0 Å². The number of aryl methyl sites for hydroxylation is 1. The largest absolute Gasteiger partial charge is 0.383 e. The molecule has 114 valence electrons. The van der Waals surface area contributed by atoms with Crippen LogP contribution in [0.5, 0.6) is 0 Å². The molecule has 0 saturated carbocycles. The summed E-state index contributed by atoms with van der Waals surface area (Å²) in [6, 6.07) is 2.53. The zero-order valence-corrected chi connectivity index (χ0v) is 13.4. The lowest BCUT2D eigenvalue weighted by Crippen LogP contribution is -2.38. The topological polar surface area (TPSA) is 50.3 Å². The zero-order valence-electron chi connectivity index (χ0n) is 13.4. The van der Waals surface area contributed by atoms with E-state index in [2.05, 4.69) is 47.0 Å². The van der Waals surface area contributed by atoms with Gasteiger partial charge in [0.15, 0.2) is 0 Å². The van der Waals surface area contributed by atoms with Gasteiger partial charge in [0.2, 0.25) is 5.95 Å². The van der Waals surface area contributed by atoms with Gasteiger partial charge in [0.25, 0.3) is 0 Å². The predicted octanol–water partition coefficient (Wildman–Crippen LogP) is 2.86. The molecule has 0 aliphatic heterocycles. The third-order valence-corrected chi connectivity index (χ3v) is 3.39. The van der Waals surface area contributed by atoms with Crippen molar-refractivity contribution in [1.29, 1.82) is 0 Å². The molecule has 5 nitrogen and oxygen atoms in total. The zero-order chi connectivity index (χ0) is 15.0. The van der Waals surface area contributed by atoms with Crippen LogP contribution < -0.4 is 10.2 Å². The molecule has 1 heterocycles. The number of nitrogens with one attached hydrogen (secondary N) is 1. The number of anilines is 2. The summed E-state index contributed by atoms with van der Waals surface area (Å²) in [5, 5.41) is 3.19. The molecule has 5 heteroatoms. The average Bonchev–Trinajstić information content (AvgIpc) is 2.43. The van der Waals surface area contributed by atoms with Gasteiger partial charge < -0.3 is 15.0 Å². The van der Waals surface area contributed by atoms with Crippen molar-refractivity contribution in [3.8, 4) is 0 Å². The molecule has 0 fully saturated rings. The Balaban J connectivity index is 3.04. The van der Waals surface area contributed by atoms with Crippen molar-refractivity contribution >= 4 is 11.8 Å².